The van der Waals surface area contributed by atoms with E-state index in [9.17, 15) is 14.4 Å². The molecule has 1 atom stereocenters. The van der Waals surface area contributed by atoms with E-state index in [-0.39, 0.29) is 24.3 Å². The van der Waals surface area contributed by atoms with Crippen molar-refractivity contribution in [2.45, 2.75) is 25.4 Å². The molecule has 0 aromatic heterocycles. The molecule has 2 aromatic carbocycles. The van der Waals surface area contributed by atoms with Crippen LogP contribution >= 0.6 is 0 Å². The van der Waals surface area contributed by atoms with Gasteiger partial charge in [-0.05, 0) is 36.2 Å². The van der Waals surface area contributed by atoms with Crippen molar-refractivity contribution in [3.8, 4) is 0 Å². The lowest BCUT2D eigenvalue weighted by atomic mass is 10.1. The van der Waals surface area contributed by atoms with Crippen molar-refractivity contribution in [3.63, 3.8) is 0 Å². The Balaban J connectivity index is 1.52. The molecule has 2 aromatic rings. The van der Waals surface area contributed by atoms with E-state index < -0.39 is 6.04 Å². The lowest BCUT2D eigenvalue weighted by Crippen LogP contribution is -2.46. The lowest BCUT2D eigenvalue weighted by Gasteiger charge is -2.24. The smallest absolute Gasteiger partial charge is 0.243 e. The fourth-order valence-corrected chi connectivity index (χ4v) is 3.32. The van der Waals surface area contributed by atoms with E-state index in [1.807, 2.05) is 73.6 Å². The van der Waals surface area contributed by atoms with Gasteiger partial charge in [-0.2, -0.15) is 0 Å². The Hall–Kier alpha value is -3.35. The van der Waals surface area contributed by atoms with Crippen LogP contribution in [0.2, 0.25) is 0 Å². The number of nitrogens with one attached hydrogen (secondary N) is 2. The first-order chi connectivity index (χ1) is 13.9. The molecule has 0 spiro atoms. The highest BCUT2D eigenvalue weighted by Gasteiger charge is 2.35. The fraction of sp³-hybridized carbons (Fsp3) is 0.318. The molecule has 29 heavy (non-hydrogen) atoms. The first kappa shape index (κ1) is 20.4. The highest BCUT2D eigenvalue weighted by Crippen LogP contribution is 2.21. The topological polar surface area (TPSA) is 81.8 Å². The Morgan fingerprint density at radius 3 is 2.41 bits per heavy atom. The van der Waals surface area contributed by atoms with Gasteiger partial charge in [-0.1, -0.05) is 30.3 Å². The fourth-order valence-electron chi connectivity index (χ4n) is 3.32. The van der Waals surface area contributed by atoms with Crippen LogP contribution in [0.3, 0.4) is 0 Å². The van der Waals surface area contributed by atoms with E-state index in [1.54, 1.807) is 4.90 Å². The second-order valence-electron chi connectivity index (χ2n) is 7.27. The molecule has 3 rings (SSSR count). The van der Waals surface area contributed by atoms with Gasteiger partial charge in [0.15, 0.2) is 0 Å². The molecule has 1 aliphatic rings. The van der Waals surface area contributed by atoms with Gasteiger partial charge < -0.3 is 20.4 Å². The van der Waals surface area contributed by atoms with Crippen LogP contribution < -0.4 is 15.5 Å². The summed E-state index contributed by atoms with van der Waals surface area (Å²) in [5, 5.41) is 5.42. The molecule has 1 saturated heterocycles. The largest absolute Gasteiger partial charge is 0.378 e. The first-order valence-corrected chi connectivity index (χ1v) is 9.62. The second-order valence-corrected chi connectivity index (χ2v) is 7.27. The zero-order chi connectivity index (χ0) is 20.8. The molecule has 2 N–H and O–H groups in total. The normalized spacial score (nSPS) is 15.9. The Morgan fingerprint density at radius 2 is 1.76 bits per heavy atom. The summed E-state index contributed by atoms with van der Waals surface area (Å²) in [6.07, 6.45) is 0.806. The molecule has 0 saturated carbocycles. The van der Waals surface area contributed by atoms with Crippen LogP contribution in [-0.4, -0.2) is 49.3 Å². The summed E-state index contributed by atoms with van der Waals surface area (Å²) in [7, 11) is 3.88. The first-order valence-electron chi connectivity index (χ1n) is 9.62. The standard InChI is InChI=1S/C22H26N4O3/c1-25(2)18-10-8-17(9-11-18)24-20(27)14-23-22(29)19-12-13-21(28)26(19)15-16-6-4-3-5-7-16/h3-11,19H,12-15H2,1-2H3,(H,23,29)(H,24,27). The van der Waals surface area contributed by atoms with Crippen molar-refractivity contribution < 1.29 is 14.4 Å². The van der Waals surface area contributed by atoms with E-state index in [1.165, 1.54) is 0 Å². The molecule has 3 amide bonds. The maximum Gasteiger partial charge on any atom is 0.243 e. The molecule has 0 radical (unpaired) electrons. The summed E-state index contributed by atoms with van der Waals surface area (Å²) in [5.41, 5.74) is 2.66. The minimum Gasteiger partial charge on any atom is -0.378 e. The number of hydrogen-bond acceptors (Lipinski definition) is 4. The SMILES string of the molecule is CN(C)c1ccc(NC(=O)CNC(=O)C2CCC(=O)N2Cc2ccccc2)cc1. The molecule has 1 fully saturated rings. The van der Waals surface area contributed by atoms with E-state index >= 15 is 0 Å². The maximum atomic E-state index is 12.6. The zero-order valence-electron chi connectivity index (χ0n) is 16.7. The van der Waals surface area contributed by atoms with Gasteiger partial charge in [-0.15, -0.1) is 0 Å². The van der Waals surface area contributed by atoms with Crippen LogP contribution in [0.15, 0.2) is 54.6 Å². The highest BCUT2D eigenvalue weighted by atomic mass is 16.2. The zero-order valence-corrected chi connectivity index (χ0v) is 16.7. The molecular weight excluding hydrogens is 368 g/mol. The van der Waals surface area contributed by atoms with Gasteiger partial charge in [0.25, 0.3) is 0 Å². The quantitative estimate of drug-likeness (QED) is 0.753. The molecule has 1 aliphatic heterocycles. The van der Waals surface area contributed by atoms with Crippen LogP contribution in [0.25, 0.3) is 0 Å². The summed E-state index contributed by atoms with van der Waals surface area (Å²) in [4.78, 5) is 40.5. The molecule has 152 valence electrons. The van der Waals surface area contributed by atoms with Gasteiger partial charge in [0.1, 0.15) is 6.04 Å². The van der Waals surface area contributed by atoms with E-state index in [4.69, 9.17) is 0 Å². The number of carbonyl (C=O) groups excluding carboxylic acids is 3. The number of anilines is 2. The number of hydrogen-bond donors (Lipinski definition) is 2. The van der Waals surface area contributed by atoms with Crippen molar-refractivity contribution in [2.75, 3.05) is 30.9 Å². The number of likely N-dealkylation sites (tertiary alicyclic amines) is 1. The summed E-state index contributed by atoms with van der Waals surface area (Å²) < 4.78 is 0. The Kier molecular flexibility index (Phi) is 6.49. The Morgan fingerprint density at radius 1 is 1.07 bits per heavy atom. The molecule has 1 unspecified atom stereocenters. The van der Waals surface area contributed by atoms with Crippen LogP contribution in [0.4, 0.5) is 11.4 Å². The predicted octanol–water partition coefficient (Wildman–Crippen LogP) is 2.00. The average molecular weight is 394 g/mol. The van der Waals surface area contributed by atoms with Gasteiger partial charge in [0.05, 0.1) is 6.54 Å². The predicted molar refractivity (Wildman–Crippen MR) is 112 cm³/mol. The maximum absolute atomic E-state index is 12.6. The molecular formula is C22H26N4O3. The van der Waals surface area contributed by atoms with Gasteiger partial charge in [-0.3, -0.25) is 14.4 Å². The van der Waals surface area contributed by atoms with E-state index in [0.29, 0.717) is 25.1 Å². The minimum absolute atomic E-state index is 0.0422. The van der Waals surface area contributed by atoms with Crippen molar-refractivity contribution in [3.05, 3.63) is 60.2 Å². The van der Waals surface area contributed by atoms with Crippen molar-refractivity contribution >= 4 is 29.1 Å². The highest BCUT2D eigenvalue weighted by molar-refractivity contribution is 5.97. The van der Waals surface area contributed by atoms with Gasteiger partial charge in [0.2, 0.25) is 17.7 Å². The molecule has 7 nitrogen and oxygen atoms in total. The van der Waals surface area contributed by atoms with Gasteiger partial charge in [0, 0.05) is 38.4 Å². The summed E-state index contributed by atoms with van der Waals surface area (Å²) in [6.45, 7) is 0.250. The van der Waals surface area contributed by atoms with Gasteiger partial charge >= 0.3 is 0 Å². The van der Waals surface area contributed by atoms with Crippen LogP contribution in [0, 0.1) is 0 Å². The van der Waals surface area contributed by atoms with E-state index in [0.717, 1.165) is 11.3 Å². The third-order valence-corrected chi connectivity index (χ3v) is 4.92. The Labute approximate surface area is 170 Å². The molecule has 0 aliphatic carbocycles. The van der Waals surface area contributed by atoms with Crippen LogP contribution in [0.5, 0.6) is 0 Å². The number of rotatable bonds is 7. The van der Waals surface area contributed by atoms with Crippen molar-refractivity contribution in [2.24, 2.45) is 0 Å². The number of carbonyl (C=O) groups is 3. The third-order valence-electron chi connectivity index (χ3n) is 4.92. The van der Waals surface area contributed by atoms with Crippen LogP contribution in [0.1, 0.15) is 18.4 Å². The summed E-state index contributed by atoms with van der Waals surface area (Å²) >= 11 is 0. The number of amides is 3. The third kappa shape index (κ3) is 5.34. The molecule has 1 heterocycles. The van der Waals surface area contributed by atoms with Crippen LogP contribution in [-0.2, 0) is 20.9 Å². The second kappa shape index (κ2) is 9.23. The summed E-state index contributed by atoms with van der Waals surface area (Å²) in [6, 6.07) is 16.4. The van der Waals surface area contributed by atoms with Crippen molar-refractivity contribution in [1.29, 1.82) is 0 Å². The molecule has 7 heteroatoms. The lowest BCUT2D eigenvalue weighted by molar-refractivity contribution is -0.136. The minimum atomic E-state index is -0.546. The number of benzene rings is 2. The number of nitrogens with zero attached hydrogens (tertiary/aromatic N) is 2. The van der Waals surface area contributed by atoms with Gasteiger partial charge in [-0.25, -0.2) is 0 Å². The van der Waals surface area contributed by atoms with E-state index in [2.05, 4.69) is 10.6 Å². The van der Waals surface area contributed by atoms with Crippen molar-refractivity contribution in [1.82, 2.24) is 10.2 Å². The average Bonchev–Trinajstić information content (AvgIpc) is 3.08. The molecule has 0 bridgehead atoms. The Bertz CT molecular complexity index is 865. The summed E-state index contributed by atoms with van der Waals surface area (Å²) in [5.74, 6) is -0.654. The monoisotopic (exact) mass is 394 g/mol.